The van der Waals surface area contributed by atoms with Crippen molar-refractivity contribution in [3.63, 3.8) is 0 Å². The zero-order chi connectivity index (χ0) is 31.6. The molecule has 2 bridgehead atoms. The number of ether oxygens (including phenoxy) is 5. The van der Waals surface area contributed by atoms with E-state index in [0.29, 0.717) is 36.9 Å². The summed E-state index contributed by atoms with van der Waals surface area (Å²) in [6.07, 6.45) is 13.2. The van der Waals surface area contributed by atoms with E-state index >= 15 is 0 Å². The number of fused-ring (bicyclic) bond motifs is 2. The highest BCUT2D eigenvalue weighted by molar-refractivity contribution is 5.82. The number of hydrogen-bond acceptors (Lipinski definition) is 8. The molecule has 3 fully saturated rings. The standard InChI is InChI=1S/C36H52O8/c1-21(2)14-31(37)40-20-27-16-30-32-26(19-41-34(32)33(27)38)9-7-8-22(3)15-23(4)10-11-28-17-29(42-35(30)39)18-36(44-28)13-12-24(5)25(6)43-36/h7-8,10,14,16,22,24-26,28-30,32-34,38H,9,11-13,15,17-20H2,1-6H3/b8-7+,23-10+/t22-,24-,25+,26-,28+,29-,30+,32-,33+,34-,36-/m0/s1. The molecule has 8 nitrogen and oxygen atoms in total. The predicted molar refractivity (Wildman–Crippen MR) is 166 cm³/mol. The zero-order valence-electron chi connectivity index (χ0n) is 27.3. The van der Waals surface area contributed by atoms with E-state index in [9.17, 15) is 14.7 Å². The molecule has 5 aliphatic rings. The van der Waals surface area contributed by atoms with Crippen LogP contribution in [0.1, 0.15) is 86.5 Å². The number of allylic oxidation sites excluding steroid dienone is 4. The van der Waals surface area contributed by atoms with Crippen LogP contribution in [0.15, 0.2) is 47.1 Å². The Labute approximate surface area is 262 Å². The topological polar surface area (TPSA) is 101 Å². The van der Waals surface area contributed by atoms with E-state index in [-0.39, 0.29) is 42.7 Å². The lowest BCUT2D eigenvalue weighted by Gasteiger charge is -2.49. The van der Waals surface area contributed by atoms with Crippen molar-refractivity contribution >= 4 is 11.9 Å². The number of carbonyl (C=O) groups excluding carboxylic acids is 2. The molecule has 5 rings (SSSR count). The third-order valence-corrected chi connectivity index (χ3v) is 10.2. The van der Waals surface area contributed by atoms with Crippen LogP contribution in [0.2, 0.25) is 0 Å². The van der Waals surface area contributed by atoms with Gasteiger partial charge in [0.25, 0.3) is 0 Å². The summed E-state index contributed by atoms with van der Waals surface area (Å²) in [6.45, 7) is 12.7. The third-order valence-electron chi connectivity index (χ3n) is 10.2. The zero-order valence-corrected chi connectivity index (χ0v) is 27.3. The summed E-state index contributed by atoms with van der Waals surface area (Å²) < 4.78 is 31.3. The lowest BCUT2D eigenvalue weighted by molar-refractivity contribution is -0.332. The lowest BCUT2D eigenvalue weighted by Crippen LogP contribution is -2.54. The summed E-state index contributed by atoms with van der Waals surface area (Å²) in [5.74, 6) is -1.61. The smallest absolute Gasteiger partial charge is 0.331 e. The Kier molecular flexibility index (Phi) is 10.6. The van der Waals surface area contributed by atoms with E-state index in [0.717, 1.165) is 37.7 Å². The molecule has 8 heteroatoms. The molecule has 244 valence electrons. The molecular formula is C36H52O8. The predicted octanol–water partition coefficient (Wildman–Crippen LogP) is 5.99. The van der Waals surface area contributed by atoms with Gasteiger partial charge in [-0.2, -0.15) is 0 Å². The molecule has 1 N–H and O–H groups in total. The Morgan fingerprint density at radius 1 is 1.16 bits per heavy atom. The Morgan fingerprint density at radius 3 is 2.70 bits per heavy atom. The summed E-state index contributed by atoms with van der Waals surface area (Å²) in [4.78, 5) is 26.4. The maximum atomic E-state index is 14.2. The number of aliphatic hydroxyl groups is 1. The molecule has 3 saturated heterocycles. The molecule has 1 aliphatic carbocycles. The molecule has 1 spiro atoms. The van der Waals surface area contributed by atoms with Crippen LogP contribution >= 0.6 is 0 Å². The van der Waals surface area contributed by atoms with Gasteiger partial charge in [0.2, 0.25) is 0 Å². The molecule has 0 saturated carbocycles. The highest BCUT2D eigenvalue weighted by atomic mass is 16.7. The molecule has 0 radical (unpaired) electrons. The van der Waals surface area contributed by atoms with Crippen molar-refractivity contribution < 1.29 is 38.4 Å². The van der Waals surface area contributed by atoms with Crippen molar-refractivity contribution in [2.75, 3.05) is 13.2 Å². The van der Waals surface area contributed by atoms with Crippen LogP contribution < -0.4 is 0 Å². The molecular weight excluding hydrogens is 560 g/mol. The van der Waals surface area contributed by atoms with Gasteiger partial charge in [-0.15, -0.1) is 0 Å². The second-order valence-corrected chi connectivity index (χ2v) is 14.3. The van der Waals surface area contributed by atoms with Gasteiger partial charge in [-0.05, 0) is 76.7 Å². The average Bonchev–Trinajstić information content (AvgIpc) is 3.37. The number of carbonyl (C=O) groups is 2. The fourth-order valence-electron chi connectivity index (χ4n) is 7.70. The first-order chi connectivity index (χ1) is 20.9. The van der Waals surface area contributed by atoms with Gasteiger partial charge in [0.05, 0.1) is 30.8 Å². The van der Waals surface area contributed by atoms with Crippen LogP contribution in [0.3, 0.4) is 0 Å². The second-order valence-electron chi connectivity index (χ2n) is 14.3. The highest BCUT2D eigenvalue weighted by Crippen LogP contribution is 2.46. The first kappa shape index (κ1) is 33.1. The fourth-order valence-corrected chi connectivity index (χ4v) is 7.70. The average molecular weight is 613 g/mol. The molecule has 0 unspecified atom stereocenters. The first-order valence-corrected chi connectivity index (χ1v) is 16.6. The van der Waals surface area contributed by atoms with Gasteiger partial charge >= 0.3 is 11.9 Å². The molecule has 0 aromatic rings. The fraction of sp³-hybridized carbons (Fsp3) is 0.722. The summed E-state index contributed by atoms with van der Waals surface area (Å²) in [5.41, 5.74) is 2.62. The van der Waals surface area contributed by atoms with E-state index in [1.54, 1.807) is 6.08 Å². The van der Waals surface area contributed by atoms with Crippen LogP contribution in [-0.4, -0.2) is 66.6 Å². The minimum atomic E-state index is -0.968. The van der Waals surface area contributed by atoms with Crippen molar-refractivity contribution in [1.29, 1.82) is 0 Å². The van der Waals surface area contributed by atoms with E-state index in [1.165, 1.54) is 11.6 Å². The Balaban J connectivity index is 1.45. The van der Waals surface area contributed by atoms with Crippen molar-refractivity contribution in [3.05, 3.63) is 47.1 Å². The van der Waals surface area contributed by atoms with Crippen LogP contribution in [0.5, 0.6) is 0 Å². The van der Waals surface area contributed by atoms with Crippen LogP contribution in [0.25, 0.3) is 0 Å². The van der Waals surface area contributed by atoms with Gasteiger partial charge < -0.3 is 28.8 Å². The maximum Gasteiger partial charge on any atom is 0.331 e. The van der Waals surface area contributed by atoms with E-state index in [4.69, 9.17) is 23.7 Å². The van der Waals surface area contributed by atoms with Gasteiger partial charge in [-0.1, -0.05) is 49.3 Å². The number of rotatable bonds is 3. The van der Waals surface area contributed by atoms with Gasteiger partial charge in [0, 0.05) is 31.3 Å². The Bertz CT molecular complexity index is 1180. The minimum absolute atomic E-state index is 0.0454. The van der Waals surface area contributed by atoms with Crippen molar-refractivity contribution in [2.24, 2.45) is 29.6 Å². The number of esters is 2. The highest BCUT2D eigenvalue weighted by Gasteiger charge is 2.53. The van der Waals surface area contributed by atoms with Crippen LogP contribution in [0.4, 0.5) is 0 Å². The number of aliphatic hydroxyl groups excluding tert-OH is 1. The molecule has 11 atom stereocenters. The molecule has 4 heterocycles. The van der Waals surface area contributed by atoms with Gasteiger partial charge in [-0.25, -0.2) is 4.79 Å². The van der Waals surface area contributed by atoms with Crippen molar-refractivity contribution in [3.8, 4) is 0 Å². The molecule has 44 heavy (non-hydrogen) atoms. The quantitative estimate of drug-likeness (QED) is 0.236. The Hall–Kier alpha value is -2.26. The largest absolute Gasteiger partial charge is 0.462 e. The van der Waals surface area contributed by atoms with Crippen molar-refractivity contribution in [2.45, 2.75) is 123 Å². The lowest BCUT2D eigenvalue weighted by atomic mass is 9.71. The monoisotopic (exact) mass is 612 g/mol. The summed E-state index contributed by atoms with van der Waals surface area (Å²) in [6, 6.07) is 0. The van der Waals surface area contributed by atoms with Crippen LogP contribution in [0, 0.1) is 29.6 Å². The van der Waals surface area contributed by atoms with Gasteiger partial charge in [0.15, 0.2) is 5.79 Å². The van der Waals surface area contributed by atoms with Crippen molar-refractivity contribution in [1.82, 2.24) is 0 Å². The first-order valence-electron chi connectivity index (χ1n) is 16.6. The Morgan fingerprint density at radius 2 is 1.95 bits per heavy atom. The minimum Gasteiger partial charge on any atom is -0.462 e. The van der Waals surface area contributed by atoms with E-state index < -0.39 is 29.9 Å². The second kappa shape index (κ2) is 14.0. The van der Waals surface area contributed by atoms with Gasteiger partial charge in [-0.3, -0.25) is 4.79 Å². The van der Waals surface area contributed by atoms with Gasteiger partial charge in [0.1, 0.15) is 18.8 Å². The summed E-state index contributed by atoms with van der Waals surface area (Å²) >= 11 is 0. The summed E-state index contributed by atoms with van der Waals surface area (Å²) in [5, 5.41) is 11.3. The third kappa shape index (κ3) is 7.75. The number of hydrogen-bond donors (Lipinski definition) is 1. The molecule has 0 aromatic carbocycles. The van der Waals surface area contributed by atoms with E-state index in [2.05, 4.69) is 45.9 Å². The molecule has 4 aliphatic heterocycles. The normalized spacial score (nSPS) is 43.1. The van der Waals surface area contributed by atoms with E-state index in [1.807, 2.05) is 13.8 Å². The SMILES string of the molecule is CC(C)=CC(=O)OCC1=C[C@H]2C(=O)O[C@H]3C[C@@H](C/C=C(\C)C[C@@H](C)/C=C/C[C@H]4CO[C@@H]([C@@H]42)[C@@H]1O)O[C@@]1(CC[C@H](C)[C@@H](C)O1)C3. The molecule has 0 amide bonds. The maximum absolute atomic E-state index is 14.2. The summed E-state index contributed by atoms with van der Waals surface area (Å²) in [7, 11) is 0. The van der Waals surface area contributed by atoms with Crippen LogP contribution in [-0.2, 0) is 33.3 Å². The molecule has 0 aromatic heterocycles.